The van der Waals surface area contributed by atoms with Gasteiger partial charge in [-0.25, -0.2) is 9.67 Å². The summed E-state index contributed by atoms with van der Waals surface area (Å²) in [6.07, 6.45) is 9.21. The van der Waals surface area contributed by atoms with Crippen LogP contribution < -0.4 is 21.3 Å². The zero-order valence-electron chi connectivity index (χ0n) is 21.8. The Morgan fingerprint density at radius 2 is 2.10 bits per heavy atom. The third-order valence-electron chi connectivity index (χ3n) is 5.87. The summed E-state index contributed by atoms with van der Waals surface area (Å²) < 4.78 is 8.42. The number of rotatable bonds is 12. The number of carbonyl (C=O) groups excluding carboxylic acids is 2. The van der Waals surface area contributed by atoms with Crippen LogP contribution in [0.15, 0.2) is 65.5 Å². The molecule has 0 fully saturated rings. The van der Waals surface area contributed by atoms with Crippen molar-refractivity contribution in [1.82, 2.24) is 29.8 Å². The number of carbonyl (C=O) groups is 2. The molecular formula is C26H29ClN8O4. The zero-order chi connectivity index (χ0) is 28.5. The number of nitrogens with zero attached hydrogens (tertiary/aromatic N) is 6. The number of nitrogens with two attached hydrogens (primary N) is 1. The predicted octanol–water partition coefficient (Wildman–Crippen LogP) is 3.40. The third-order valence-corrected chi connectivity index (χ3v) is 6.13. The Kier molecular flexibility index (Phi) is 9.87. The van der Waals surface area contributed by atoms with Gasteiger partial charge in [0.05, 0.1) is 30.9 Å². The van der Waals surface area contributed by atoms with Gasteiger partial charge >= 0.3 is 0 Å². The van der Waals surface area contributed by atoms with Gasteiger partial charge in [0, 0.05) is 22.2 Å². The second kappa shape index (κ2) is 13.3. The van der Waals surface area contributed by atoms with Crippen LogP contribution in [0.25, 0.3) is 11.3 Å². The van der Waals surface area contributed by atoms with E-state index >= 15 is 0 Å². The molecule has 13 heteroatoms. The van der Waals surface area contributed by atoms with Crippen LogP contribution >= 0.6 is 11.6 Å². The summed E-state index contributed by atoms with van der Waals surface area (Å²) in [5.74, 6) is -0.784. The van der Waals surface area contributed by atoms with Crippen LogP contribution in [0.5, 0.6) is 5.75 Å². The van der Waals surface area contributed by atoms with Gasteiger partial charge < -0.3 is 15.8 Å². The van der Waals surface area contributed by atoms with Gasteiger partial charge in [-0.2, -0.15) is 0 Å². The van der Waals surface area contributed by atoms with Crippen molar-refractivity contribution in [2.24, 2.45) is 5.73 Å². The molecule has 3 rings (SSSR count). The van der Waals surface area contributed by atoms with Gasteiger partial charge in [0.15, 0.2) is 0 Å². The predicted molar refractivity (Wildman–Crippen MR) is 148 cm³/mol. The van der Waals surface area contributed by atoms with Crippen molar-refractivity contribution in [2.75, 3.05) is 12.4 Å². The first kappa shape index (κ1) is 29.0. The minimum atomic E-state index is -0.850. The number of hydrogen-bond acceptors (Lipinski definition) is 8. The molecule has 0 bridgehead atoms. The topological polar surface area (TPSA) is 160 Å². The first-order valence-corrected chi connectivity index (χ1v) is 12.4. The summed E-state index contributed by atoms with van der Waals surface area (Å²) in [5, 5.41) is 14.3. The fourth-order valence-electron chi connectivity index (χ4n) is 3.79. The zero-order valence-corrected chi connectivity index (χ0v) is 22.6. The SMILES string of the molecule is C=C/C(Cl)=C\C(=C(/C)n1cnnn1)c1cc(=O)n(C(CCCC)C(=O)Nc2ccc(C(N)=O)nc2)cc1OC. The average molecular weight is 553 g/mol. The molecule has 3 N–H and O–H groups in total. The number of nitrogens with one attached hydrogen (secondary N) is 1. The van der Waals surface area contributed by atoms with Gasteiger partial charge in [0.25, 0.3) is 11.5 Å². The molecule has 204 valence electrons. The number of anilines is 1. The van der Waals surface area contributed by atoms with E-state index in [2.05, 4.69) is 32.4 Å². The number of allylic oxidation sites excluding steroid dienone is 5. The summed E-state index contributed by atoms with van der Waals surface area (Å²) in [4.78, 5) is 42.1. The fraction of sp³-hybridized carbons (Fsp3) is 0.269. The number of unbranched alkanes of at least 4 members (excludes halogenated alkanes) is 1. The van der Waals surface area contributed by atoms with Gasteiger partial charge in [-0.05, 0) is 42.0 Å². The number of aromatic nitrogens is 6. The van der Waals surface area contributed by atoms with Gasteiger partial charge in [0.2, 0.25) is 5.91 Å². The van der Waals surface area contributed by atoms with Crippen LogP contribution in [-0.4, -0.2) is 48.7 Å². The normalized spacial score (nSPS) is 12.9. The summed E-state index contributed by atoms with van der Waals surface area (Å²) in [6.45, 7) is 7.43. The molecule has 0 radical (unpaired) electrons. The maximum atomic E-state index is 13.5. The van der Waals surface area contributed by atoms with E-state index in [1.165, 1.54) is 59.4 Å². The number of methoxy groups -OCH3 is 1. The van der Waals surface area contributed by atoms with E-state index in [4.69, 9.17) is 22.1 Å². The van der Waals surface area contributed by atoms with Crippen molar-refractivity contribution >= 4 is 40.4 Å². The maximum absolute atomic E-state index is 13.5. The van der Waals surface area contributed by atoms with Gasteiger partial charge in [0.1, 0.15) is 23.8 Å². The number of halogens is 1. The highest BCUT2D eigenvalue weighted by Crippen LogP contribution is 2.32. The highest BCUT2D eigenvalue weighted by atomic mass is 35.5. The third kappa shape index (κ3) is 7.05. The quantitative estimate of drug-likeness (QED) is 0.323. The fourth-order valence-corrected chi connectivity index (χ4v) is 3.90. The minimum absolute atomic E-state index is 0.0681. The standard InChI is InChI=1S/C26H29ClN8O4/c1-5-7-8-22(26(38)31-18-9-10-21(25(28)37)29-13-18)34-14-23(39-4)20(12-24(34)36)19(11-17(27)6-2)16(3)35-15-30-32-33-35/h6,9-15,22H,2,5,7-8H2,1,3-4H3,(H2,28,37)(H,31,38)/b17-11+,19-16-. The lowest BCUT2D eigenvalue weighted by Gasteiger charge is -2.22. The molecule has 39 heavy (non-hydrogen) atoms. The van der Waals surface area contributed by atoms with E-state index in [1.807, 2.05) is 6.92 Å². The number of tetrazole rings is 1. The molecule has 3 heterocycles. The molecule has 0 aromatic carbocycles. The number of pyridine rings is 2. The van der Waals surface area contributed by atoms with E-state index in [0.717, 1.165) is 6.42 Å². The van der Waals surface area contributed by atoms with Crippen molar-refractivity contribution in [1.29, 1.82) is 0 Å². The Labute approximate surface area is 229 Å². The van der Waals surface area contributed by atoms with Crippen molar-refractivity contribution in [3.05, 3.63) is 82.3 Å². The van der Waals surface area contributed by atoms with Crippen molar-refractivity contribution in [3.63, 3.8) is 0 Å². The number of primary amides is 1. The van der Waals surface area contributed by atoms with Crippen LogP contribution in [0.3, 0.4) is 0 Å². The van der Waals surface area contributed by atoms with Crippen LogP contribution in [0.2, 0.25) is 0 Å². The van der Waals surface area contributed by atoms with Crippen molar-refractivity contribution in [2.45, 2.75) is 39.2 Å². The Bertz CT molecular complexity index is 1460. The summed E-state index contributed by atoms with van der Waals surface area (Å²) in [7, 11) is 1.46. The number of ether oxygens (including phenoxy) is 1. The Morgan fingerprint density at radius 3 is 2.67 bits per heavy atom. The summed E-state index contributed by atoms with van der Waals surface area (Å²) >= 11 is 6.28. The Balaban J connectivity index is 2.09. The van der Waals surface area contributed by atoms with Gasteiger partial charge in [-0.15, -0.1) is 5.10 Å². The van der Waals surface area contributed by atoms with Gasteiger partial charge in [-0.1, -0.05) is 44.0 Å². The lowest BCUT2D eigenvalue weighted by Crippen LogP contribution is -2.33. The minimum Gasteiger partial charge on any atom is -0.495 e. The average Bonchev–Trinajstić information content (AvgIpc) is 3.47. The lowest BCUT2D eigenvalue weighted by atomic mass is 10.0. The van der Waals surface area contributed by atoms with Crippen LogP contribution in [-0.2, 0) is 4.79 Å². The summed E-state index contributed by atoms with van der Waals surface area (Å²) in [6, 6.07) is 3.45. The van der Waals surface area contributed by atoms with E-state index in [1.54, 1.807) is 13.0 Å². The first-order valence-electron chi connectivity index (χ1n) is 12.0. The largest absolute Gasteiger partial charge is 0.495 e. The summed E-state index contributed by atoms with van der Waals surface area (Å²) in [5.41, 5.74) is 6.73. The first-order chi connectivity index (χ1) is 18.7. The molecule has 1 unspecified atom stereocenters. The van der Waals surface area contributed by atoms with Crippen LogP contribution in [0.1, 0.15) is 55.2 Å². The van der Waals surface area contributed by atoms with Crippen molar-refractivity contribution in [3.8, 4) is 5.75 Å². The Morgan fingerprint density at radius 1 is 1.33 bits per heavy atom. The molecule has 0 aliphatic carbocycles. The second-order valence-electron chi connectivity index (χ2n) is 8.43. The molecule has 12 nitrogen and oxygen atoms in total. The van der Waals surface area contributed by atoms with Crippen LogP contribution in [0.4, 0.5) is 5.69 Å². The molecule has 0 aliphatic rings. The number of hydrogen-bond donors (Lipinski definition) is 2. The molecule has 0 saturated heterocycles. The molecular weight excluding hydrogens is 524 g/mol. The maximum Gasteiger partial charge on any atom is 0.267 e. The smallest absolute Gasteiger partial charge is 0.267 e. The highest BCUT2D eigenvalue weighted by Gasteiger charge is 2.24. The molecule has 1 atom stereocenters. The molecule has 2 amide bonds. The Hall–Kier alpha value is -4.58. The number of amides is 2. The molecule has 0 aliphatic heterocycles. The second-order valence-corrected chi connectivity index (χ2v) is 8.87. The van der Waals surface area contributed by atoms with E-state index in [-0.39, 0.29) is 5.69 Å². The van der Waals surface area contributed by atoms with Gasteiger partial charge in [-0.3, -0.25) is 19.0 Å². The monoisotopic (exact) mass is 552 g/mol. The van der Waals surface area contributed by atoms with E-state index in [0.29, 0.717) is 46.1 Å². The molecule has 0 spiro atoms. The van der Waals surface area contributed by atoms with E-state index in [9.17, 15) is 14.4 Å². The molecule has 3 aromatic rings. The molecule has 0 saturated carbocycles. The van der Waals surface area contributed by atoms with Crippen LogP contribution in [0, 0.1) is 0 Å². The highest BCUT2D eigenvalue weighted by molar-refractivity contribution is 6.32. The molecule has 3 aromatic heterocycles. The lowest BCUT2D eigenvalue weighted by molar-refractivity contribution is -0.119. The van der Waals surface area contributed by atoms with E-state index < -0.39 is 23.4 Å². The van der Waals surface area contributed by atoms with Crippen molar-refractivity contribution < 1.29 is 14.3 Å².